The molecule has 0 aliphatic carbocycles. The first kappa shape index (κ1) is 23.8. The minimum atomic E-state index is 0.260. The smallest absolute Gasteiger partial charge is 0.227 e. The molecule has 0 saturated carbocycles. The minimum absolute atomic E-state index is 0.260. The first-order valence-corrected chi connectivity index (χ1v) is 12.2. The molecule has 0 atom stereocenters. The lowest BCUT2D eigenvalue weighted by atomic mass is 10.1. The molecule has 3 aromatic heterocycles. The topological polar surface area (TPSA) is 120 Å². The van der Waals surface area contributed by atoms with Crippen molar-refractivity contribution in [2.75, 3.05) is 49.6 Å². The first-order chi connectivity index (χ1) is 17.7. The number of morpholine rings is 1. The van der Waals surface area contributed by atoms with E-state index in [9.17, 15) is 10.1 Å². The van der Waals surface area contributed by atoms with Gasteiger partial charge in [0.2, 0.25) is 5.95 Å². The summed E-state index contributed by atoms with van der Waals surface area (Å²) >= 11 is 0. The van der Waals surface area contributed by atoms with E-state index in [4.69, 9.17) is 4.74 Å². The fraction of sp³-hybridized carbons (Fsp3) is 0.385. The number of ketones is 1. The van der Waals surface area contributed by atoms with Gasteiger partial charge in [-0.25, -0.2) is 15.0 Å². The molecule has 0 radical (unpaired) electrons. The Kier molecular flexibility index (Phi) is 7.40. The number of ether oxygens (including phenoxy) is 1. The van der Waals surface area contributed by atoms with Gasteiger partial charge in [-0.3, -0.25) is 14.7 Å². The molecule has 2 aliphatic rings. The Morgan fingerprint density at radius 3 is 2.72 bits per heavy atom. The van der Waals surface area contributed by atoms with Gasteiger partial charge in [-0.1, -0.05) is 0 Å². The van der Waals surface area contributed by atoms with Gasteiger partial charge in [0.05, 0.1) is 42.0 Å². The van der Waals surface area contributed by atoms with Crippen LogP contribution >= 0.6 is 0 Å². The zero-order valence-corrected chi connectivity index (χ0v) is 20.1. The third-order valence-corrected chi connectivity index (χ3v) is 6.35. The van der Waals surface area contributed by atoms with Crippen molar-refractivity contribution in [1.82, 2.24) is 24.8 Å². The van der Waals surface area contributed by atoms with Crippen molar-refractivity contribution in [3.8, 4) is 17.3 Å². The van der Waals surface area contributed by atoms with Crippen LogP contribution < -0.4 is 10.2 Å². The van der Waals surface area contributed by atoms with Crippen LogP contribution in [0.15, 0.2) is 42.9 Å². The molecule has 3 aromatic rings. The van der Waals surface area contributed by atoms with E-state index in [0.717, 1.165) is 56.2 Å². The van der Waals surface area contributed by atoms with Crippen LogP contribution in [0.4, 0.5) is 17.5 Å². The van der Waals surface area contributed by atoms with E-state index in [1.807, 2.05) is 17.0 Å². The highest BCUT2D eigenvalue weighted by molar-refractivity contribution is 5.79. The predicted octanol–water partition coefficient (Wildman–Crippen LogP) is 2.94. The normalized spacial score (nSPS) is 16.9. The molecule has 0 spiro atoms. The molecule has 1 N–H and O–H groups in total. The number of rotatable bonds is 6. The molecule has 10 nitrogen and oxygen atoms in total. The van der Waals surface area contributed by atoms with E-state index in [-0.39, 0.29) is 5.78 Å². The van der Waals surface area contributed by atoms with Gasteiger partial charge in [0, 0.05) is 63.5 Å². The monoisotopic (exact) mass is 484 g/mol. The molecular formula is C26H28N8O2. The third kappa shape index (κ3) is 5.82. The molecule has 5 rings (SSSR count). The highest BCUT2D eigenvalue weighted by Crippen LogP contribution is 2.26. The number of Topliss-reactive ketones (excluding diaryl/α,β-unsaturated/α-hetero) is 1. The van der Waals surface area contributed by atoms with Crippen molar-refractivity contribution in [3.05, 3.63) is 54.1 Å². The summed E-state index contributed by atoms with van der Waals surface area (Å²) in [6.45, 7) is 5.47. The molecule has 0 unspecified atom stereocenters. The molecule has 5 heterocycles. The standard InChI is InChI=1S/C26H28N8O2/c27-15-19-14-20(16-30-25(19)34-8-1-2-23(35)6-9-34)24-5-7-28-26(32-24)31-21-3-4-22(29-17-21)18-33-10-12-36-13-11-33/h3-5,7,14,16-17H,1-2,6,8-13,18H2,(H,28,31,32). The minimum Gasteiger partial charge on any atom is -0.379 e. The maximum atomic E-state index is 11.8. The van der Waals surface area contributed by atoms with Crippen LogP contribution in [0.25, 0.3) is 11.3 Å². The van der Waals surface area contributed by atoms with Gasteiger partial charge in [0.1, 0.15) is 17.7 Å². The van der Waals surface area contributed by atoms with Crippen LogP contribution in [0.1, 0.15) is 30.5 Å². The van der Waals surface area contributed by atoms with Crippen molar-refractivity contribution in [3.63, 3.8) is 0 Å². The Hall–Kier alpha value is -3.94. The van der Waals surface area contributed by atoms with Gasteiger partial charge in [-0.05, 0) is 30.7 Å². The first-order valence-electron chi connectivity index (χ1n) is 12.2. The van der Waals surface area contributed by atoms with Crippen molar-refractivity contribution in [2.24, 2.45) is 0 Å². The fourth-order valence-electron chi connectivity index (χ4n) is 4.40. The van der Waals surface area contributed by atoms with Gasteiger partial charge in [-0.2, -0.15) is 5.26 Å². The maximum Gasteiger partial charge on any atom is 0.227 e. The summed E-state index contributed by atoms with van der Waals surface area (Å²) in [5.41, 5.74) is 3.65. The van der Waals surface area contributed by atoms with Crippen LogP contribution in [0, 0.1) is 11.3 Å². The molecule has 184 valence electrons. The van der Waals surface area contributed by atoms with Gasteiger partial charge < -0.3 is 15.0 Å². The number of nitrogens with zero attached hydrogens (tertiary/aromatic N) is 7. The highest BCUT2D eigenvalue weighted by Gasteiger charge is 2.19. The quantitative estimate of drug-likeness (QED) is 0.559. The average molecular weight is 485 g/mol. The highest BCUT2D eigenvalue weighted by atomic mass is 16.5. The zero-order chi connectivity index (χ0) is 24.7. The van der Waals surface area contributed by atoms with Crippen molar-refractivity contribution in [1.29, 1.82) is 5.26 Å². The zero-order valence-electron chi connectivity index (χ0n) is 20.1. The van der Waals surface area contributed by atoms with Gasteiger partial charge in [-0.15, -0.1) is 0 Å². The Bertz CT molecular complexity index is 1250. The largest absolute Gasteiger partial charge is 0.379 e. The second-order valence-electron chi connectivity index (χ2n) is 8.90. The Morgan fingerprint density at radius 2 is 1.92 bits per heavy atom. The molecule has 0 amide bonds. The number of hydrogen-bond acceptors (Lipinski definition) is 10. The summed E-state index contributed by atoms with van der Waals surface area (Å²) in [4.78, 5) is 34.2. The number of nitrogens with one attached hydrogen (secondary N) is 1. The van der Waals surface area contributed by atoms with Gasteiger partial charge in [0.15, 0.2) is 0 Å². The van der Waals surface area contributed by atoms with Crippen LogP contribution in [0.5, 0.6) is 0 Å². The lowest BCUT2D eigenvalue weighted by Gasteiger charge is -2.26. The summed E-state index contributed by atoms with van der Waals surface area (Å²) < 4.78 is 5.40. The SMILES string of the molecule is N#Cc1cc(-c2ccnc(Nc3ccc(CN4CCOCC4)nc3)n2)cnc1N1CCCC(=O)CC1. The molecule has 0 bridgehead atoms. The Morgan fingerprint density at radius 1 is 1.03 bits per heavy atom. The summed E-state index contributed by atoms with van der Waals surface area (Å²) in [5.74, 6) is 1.31. The molecule has 2 aliphatic heterocycles. The molecular weight excluding hydrogens is 456 g/mol. The molecule has 2 fully saturated rings. The van der Waals surface area contributed by atoms with Crippen molar-refractivity contribution in [2.45, 2.75) is 25.8 Å². The predicted molar refractivity (Wildman–Crippen MR) is 135 cm³/mol. The third-order valence-electron chi connectivity index (χ3n) is 6.35. The Balaban J connectivity index is 1.28. The van der Waals surface area contributed by atoms with Crippen molar-refractivity contribution < 1.29 is 9.53 Å². The second kappa shape index (κ2) is 11.2. The number of hydrogen-bond donors (Lipinski definition) is 1. The van der Waals surface area contributed by atoms with Crippen LogP contribution in [-0.4, -0.2) is 70.0 Å². The van der Waals surface area contributed by atoms with Gasteiger partial charge in [0.25, 0.3) is 0 Å². The number of pyridine rings is 2. The van der Waals surface area contributed by atoms with E-state index < -0.39 is 0 Å². The van der Waals surface area contributed by atoms with Crippen LogP contribution in [0.3, 0.4) is 0 Å². The van der Waals surface area contributed by atoms with E-state index in [1.54, 1.807) is 30.7 Å². The number of carbonyl (C=O) groups is 1. The second-order valence-corrected chi connectivity index (χ2v) is 8.90. The van der Waals surface area contributed by atoms with Crippen LogP contribution in [0.2, 0.25) is 0 Å². The molecule has 0 aromatic carbocycles. The number of nitriles is 1. The van der Waals surface area contributed by atoms with Crippen molar-refractivity contribution >= 4 is 23.2 Å². The fourth-order valence-corrected chi connectivity index (χ4v) is 4.40. The molecule has 2 saturated heterocycles. The maximum absolute atomic E-state index is 11.8. The van der Waals surface area contributed by atoms with E-state index in [0.29, 0.717) is 49.0 Å². The van der Waals surface area contributed by atoms with E-state index in [2.05, 4.69) is 36.2 Å². The summed E-state index contributed by atoms with van der Waals surface area (Å²) in [5, 5.41) is 13.0. The lowest BCUT2D eigenvalue weighted by molar-refractivity contribution is -0.118. The number of aromatic nitrogens is 4. The van der Waals surface area contributed by atoms with E-state index >= 15 is 0 Å². The average Bonchev–Trinajstić information content (AvgIpc) is 3.14. The molecule has 10 heteroatoms. The molecule has 36 heavy (non-hydrogen) atoms. The Labute approximate surface area is 210 Å². The van der Waals surface area contributed by atoms with E-state index in [1.165, 1.54) is 0 Å². The number of anilines is 3. The van der Waals surface area contributed by atoms with Gasteiger partial charge >= 0.3 is 0 Å². The lowest BCUT2D eigenvalue weighted by Crippen LogP contribution is -2.35. The summed E-state index contributed by atoms with van der Waals surface area (Å²) in [6, 6.07) is 9.81. The number of carbonyl (C=O) groups excluding carboxylic acids is 1. The summed E-state index contributed by atoms with van der Waals surface area (Å²) in [7, 11) is 0. The summed E-state index contributed by atoms with van der Waals surface area (Å²) in [6.07, 6.45) is 7.01. The van der Waals surface area contributed by atoms with Crippen LogP contribution in [-0.2, 0) is 16.1 Å².